The summed E-state index contributed by atoms with van der Waals surface area (Å²) in [7, 11) is 0. The van der Waals surface area contributed by atoms with Gasteiger partial charge in [-0.25, -0.2) is 0 Å². The molecule has 2 heterocycles. The van der Waals surface area contributed by atoms with Gasteiger partial charge in [0, 0.05) is 17.9 Å². The van der Waals surface area contributed by atoms with Crippen molar-refractivity contribution < 1.29 is 0 Å². The van der Waals surface area contributed by atoms with E-state index in [1.807, 2.05) is 0 Å². The van der Waals surface area contributed by atoms with Gasteiger partial charge in [-0.1, -0.05) is 32.9 Å². The van der Waals surface area contributed by atoms with Gasteiger partial charge in [-0.05, 0) is 30.4 Å². The number of rotatable bonds is 2. The molecule has 0 aromatic carbocycles. The summed E-state index contributed by atoms with van der Waals surface area (Å²) in [6, 6.07) is 0. The zero-order valence-electron chi connectivity index (χ0n) is 9.33. The largest absolute Gasteiger partial charge is 0.345 e. The summed E-state index contributed by atoms with van der Waals surface area (Å²) in [4.78, 5) is 2.46. The molecule has 0 amide bonds. The Balaban J connectivity index is 2.20. The third-order valence-corrected chi connectivity index (χ3v) is 3.21. The van der Waals surface area contributed by atoms with Crippen LogP contribution < -0.4 is 0 Å². The smallest absolute Gasteiger partial charge is 0.0371 e. The molecule has 0 fully saturated rings. The van der Waals surface area contributed by atoms with Crippen molar-refractivity contribution >= 4 is 0 Å². The third-order valence-electron chi connectivity index (χ3n) is 3.21. The van der Waals surface area contributed by atoms with Gasteiger partial charge in [-0.15, -0.1) is 0 Å². The fraction of sp³-hybridized carbons (Fsp3) is 0.538. The molecule has 1 nitrogen and oxygen atoms in total. The molecule has 1 unspecified atom stereocenters. The highest BCUT2D eigenvalue weighted by molar-refractivity contribution is 5.35. The maximum Gasteiger partial charge on any atom is 0.0371 e. The molecule has 0 aliphatic carbocycles. The van der Waals surface area contributed by atoms with E-state index in [0.29, 0.717) is 0 Å². The Hall–Kier alpha value is -0.980. The van der Waals surface area contributed by atoms with Gasteiger partial charge in [0.2, 0.25) is 0 Å². The highest BCUT2D eigenvalue weighted by Gasteiger charge is 2.26. The number of fused-ring (bicyclic) bond motifs is 1. The maximum atomic E-state index is 2.46. The summed E-state index contributed by atoms with van der Waals surface area (Å²) in [5.74, 6) is 1.47. The van der Waals surface area contributed by atoms with Crippen molar-refractivity contribution in [2.75, 3.05) is 6.54 Å². The Morgan fingerprint density at radius 3 is 2.93 bits per heavy atom. The van der Waals surface area contributed by atoms with Gasteiger partial charge in [0.1, 0.15) is 0 Å². The summed E-state index contributed by atoms with van der Waals surface area (Å²) in [6.45, 7) is 8.01. The van der Waals surface area contributed by atoms with E-state index in [-0.39, 0.29) is 0 Å². The summed E-state index contributed by atoms with van der Waals surface area (Å²) in [5.41, 5.74) is 2.87. The van der Waals surface area contributed by atoms with E-state index < -0.39 is 0 Å². The van der Waals surface area contributed by atoms with E-state index >= 15 is 0 Å². The normalized spacial score (nSPS) is 25.1. The first-order valence-electron chi connectivity index (χ1n) is 5.59. The fourth-order valence-electron chi connectivity index (χ4n) is 2.17. The second-order valence-electron chi connectivity index (χ2n) is 4.48. The lowest BCUT2D eigenvalue weighted by molar-refractivity contribution is 0.364. The van der Waals surface area contributed by atoms with E-state index in [1.54, 1.807) is 0 Å². The Morgan fingerprint density at radius 1 is 1.50 bits per heavy atom. The summed E-state index contributed by atoms with van der Waals surface area (Å²) >= 11 is 0. The lowest BCUT2D eigenvalue weighted by Gasteiger charge is -2.26. The molecule has 0 N–H and O–H groups in total. The predicted octanol–water partition coefficient (Wildman–Crippen LogP) is 3.32. The zero-order chi connectivity index (χ0) is 10.1. The minimum atomic E-state index is 0.725. The van der Waals surface area contributed by atoms with E-state index in [9.17, 15) is 0 Å². The molecular formula is C13H19N. The first-order valence-corrected chi connectivity index (χ1v) is 5.59. The van der Waals surface area contributed by atoms with Gasteiger partial charge < -0.3 is 4.90 Å². The van der Waals surface area contributed by atoms with Crippen LogP contribution in [0.3, 0.4) is 0 Å². The van der Waals surface area contributed by atoms with Gasteiger partial charge in [0.25, 0.3) is 0 Å². The number of nitrogens with zero attached hydrogens (tertiary/aromatic N) is 1. The van der Waals surface area contributed by atoms with Crippen LogP contribution >= 0.6 is 0 Å². The lowest BCUT2D eigenvalue weighted by atomic mass is 9.97. The SMILES string of the molecule is CCC1=CC=CC2=CC(C(C)C)CN21. The molecule has 0 saturated carbocycles. The molecule has 2 aliphatic heterocycles. The quantitative estimate of drug-likeness (QED) is 0.644. The van der Waals surface area contributed by atoms with Crippen LogP contribution in [0, 0.1) is 11.8 Å². The molecule has 14 heavy (non-hydrogen) atoms. The van der Waals surface area contributed by atoms with Crippen molar-refractivity contribution in [2.45, 2.75) is 27.2 Å². The molecule has 2 rings (SSSR count). The molecule has 0 spiro atoms. The molecule has 76 valence electrons. The Bertz CT molecular complexity index is 307. The average molecular weight is 189 g/mol. The van der Waals surface area contributed by atoms with Gasteiger partial charge in [-0.3, -0.25) is 0 Å². The minimum Gasteiger partial charge on any atom is -0.345 e. The molecular weight excluding hydrogens is 170 g/mol. The molecule has 0 radical (unpaired) electrons. The molecule has 0 aromatic heterocycles. The topological polar surface area (TPSA) is 3.24 Å². The summed E-state index contributed by atoms with van der Waals surface area (Å²) < 4.78 is 0. The first kappa shape index (κ1) is 9.57. The van der Waals surface area contributed by atoms with Crippen LogP contribution in [0.5, 0.6) is 0 Å². The highest BCUT2D eigenvalue weighted by atomic mass is 15.2. The Kier molecular flexibility index (Phi) is 2.49. The maximum absolute atomic E-state index is 2.46. The molecule has 0 saturated heterocycles. The third kappa shape index (κ3) is 1.52. The van der Waals surface area contributed by atoms with E-state index in [1.165, 1.54) is 17.9 Å². The van der Waals surface area contributed by atoms with Crippen molar-refractivity contribution in [1.82, 2.24) is 4.90 Å². The van der Waals surface area contributed by atoms with Crippen molar-refractivity contribution in [3.8, 4) is 0 Å². The van der Waals surface area contributed by atoms with Crippen LogP contribution in [0.25, 0.3) is 0 Å². The molecule has 0 aromatic rings. The molecule has 1 heteroatoms. The second-order valence-corrected chi connectivity index (χ2v) is 4.48. The highest BCUT2D eigenvalue weighted by Crippen LogP contribution is 2.32. The minimum absolute atomic E-state index is 0.725. The van der Waals surface area contributed by atoms with Crippen molar-refractivity contribution in [1.29, 1.82) is 0 Å². The lowest BCUT2D eigenvalue weighted by Crippen LogP contribution is -2.23. The van der Waals surface area contributed by atoms with Crippen LogP contribution in [0.4, 0.5) is 0 Å². The molecule has 2 aliphatic rings. The number of hydrogen-bond acceptors (Lipinski definition) is 1. The molecule has 1 atom stereocenters. The standard InChI is InChI=1S/C13H19N/c1-4-12-6-5-7-13-8-11(10(2)3)9-14(12)13/h5-8,10-11H,4,9H2,1-3H3. The predicted molar refractivity (Wildman–Crippen MR) is 60.6 cm³/mol. The van der Waals surface area contributed by atoms with Gasteiger partial charge in [0.15, 0.2) is 0 Å². The first-order chi connectivity index (χ1) is 6.72. The van der Waals surface area contributed by atoms with Crippen LogP contribution in [0.2, 0.25) is 0 Å². The van der Waals surface area contributed by atoms with Crippen molar-refractivity contribution in [3.63, 3.8) is 0 Å². The average Bonchev–Trinajstić information content (AvgIpc) is 2.60. The monoisotopic (exact) mass is 189 g/mol. The fourth-order valence-corrected chi connectivity index (χ4v) is 2.17. The Labute approximate surface area is 86.8 Å². The number of allylic oxidation sites excluding steroid dienone is 4. The van der Waals surface area contributed by atoms with Gasteiger partial charge in [-0.2, -0.15) is 0 Å². The second kappa shape index (κ2) is 3.64. The van der Waals surface area contributed by atoms with Crippen LogP contribution in [-0.4, -0.2) is 11.4 Å². The van der Waals surface area contributed by atoms with Crippen LogP contribution in [-0.2, 0) is 0 Å². The Morgan fingerprint density at radius 2 is 2.29 bits per heavy atom. The molecule has 0 bridgehead atoms. The van der Waals surface area contributed by atoms with E-state index in [0.717, 1.165) is 18.3 Å². The van der Waals surface area contributed by atoms with Gasteiger partial charge in [0.05, 0.1) is 0 Å². The van der Waals surface area contributed by atoms with E-state index in [2.05, 4.69) is 50.0 Å². The zero-order valence-corrected chi connectivity index (χ0v) is 9.33. The van der Waals surface area contributed by atoms with E-state index in [4.69, 9.17) is 0 Å². The number of hydrogen-bond donors (Lipinski definition) is 0. The van der Waals surface area contributed by atoms with Crippen LogP contribution in [0.15, 0.2) is 35.7 Å². The summed E-state index contributed by atoms with van der Waals surface area (Å²) in [6.07, 6.45) is 10.2. The summed E-state index contributed by atoms with van der Waals surface area (Å²) in [5, 5.41) is 0. The van der Waals surface area contributed by atoms with Crippen LogP contribution in [0.1, 0.15) is 27.2 Å². The van der Waals surface area contributed by atoms with Crippen molar-refractivity contribution in [3.05, 3.63) is 35.7 Å². The van der Waals surface area contributed by atoms with Crippen molar-refractivity contribution in [2.24, 2.45) is 11.8 Å². The van der Waals surface area contributed by atoms with Gasteiger partial charge >= 0.3 is 0 Å².